The first-order valence-electron chi connectivity index (χ1n) is 4.91. The van der Waals surface area contributed by atoms with E-state index in [2.05, 4.69) is 24.8 Å². The van der Waals surface area contributed by atoms with Crippen molar-refractivity contribution in [2.24, 2.45) is 5.92 Å². The molecule has 0 radical (unpaired) electrons. The molecule has 1 unspecified atom stereocenters. The average molecular weight is 160 g/mol. The van der Waals surface area contributed by atoms with Crippen LogP contribution in [0.1, 0.15) is 32.1 Å². The fourth-order valence-electron chi connectivity index (χ4n) is 2.18. The molecule has 12 heavy (non-hydrogen) atoms. The average Bonchev–Trinajstić information content (AvgIpc) is 2.17. The third-order valence-electron chi connectivity index (χ3n) is 2.96. The lowest BCUT2D eigenvalue weighted by molar-refractivity contribution is 0.543. The first-order valence-corrected chi connectivity index (χ1v) is 4.91. The van der Waals surface area contributed by atoms with E-state index in [0.717, 1.165) is 5.92 Å². The second-order valence-corrected chi connectivity index (χ2v) is 3.77. The number of rotatable bonds is 1. The minimum Gasteiger partial charge on any atom is -0.103 e. The van der Waals surface area contributed by atoms with Crippen molar-refractivity contribution in [3.8, 4) is 0 Å². The summed E-state index contributed by atoms with van der Waals surface area (Å²) in [5.74, 6) is 0.742. The molecule has 2 rings (SSSR count). The summed E-state index contributed by atoms with van der Waals surface area (Å²) in [7, 11) is 0. The van der Waals surface area contributed by atoms with E-state index in [1.807, 2.05) is 0 Å². The van der Waals surface area contributed by atoms with Crippen molar-refractivity contribution in [2.45, 2.75) is 32.1 Å². The molecule has 0 aliphatic heterocycles. The third-order valence-corrected chi connectivity index (χ3v) is 2.96. The molecule has 0 N–H and O–H groups in total. The summed E-state index contributed by atoms with van der Waals surface area (Å²) in [6.07, 6.45) is 13.3. The summed E-state index contributed by atoms with van der Waals surface area (Å²) in [5.41, 5.74) is 3.23. The number of hydrogen-bond acceptors (Lipinski definition) is 0. The first-order chi connectivity index (χ1) is 5.90. The van der Waals surface area contributed by atoms with Gasteiger partial charge in [0.1, 0.15) is 0 Å². The SMILES string of the molecule is C=CC1CCC2=CCCC=C2C1. The molecule has 1 atom stereocenters. The molecule has 0 aromatic heterocycles. The molecule has 1 saturated carbocycles. The van der Waals surface area contributed by atoms with E-state index in [4.69, 9.17) is 0 Å². The van der Waals surface area contributed by atoms with Gasteiger partial charge in [0.05, 0.1) is 0 Å². The summed E-state index contributed by atoms with van der Waals surface area (Å²) in [4.78, 5) is 0. The van der Waals surface area contributed by atoms with Gasteiger partial charge in [-0.2, -0.15) is 0 Å². The van der Waals surface area contributed by atoms with Crippen LogP contribution in [-0.2, 0) is 0 Å². The molecule has 0 bridgehead atoms. The Morgan fingerprint density at radius 2 is 2.00 bits per heavy atom. The molecule has 0 heteroatoms. The predicted octanol–water partition coefficient (Wildman–Crippen LogP) is 3.62. The van der Waals surface area contributed by atoms with Crippen molar-refractivity contribution >= 4 is 0 Å². The molecular formula is C12H16. The lowest BCUT2D eigenvalue weighted by Crippen LogP contribution is -2.10. The normalized spacial score (nSPS) is 28.5. The van der Waals surface area contributed by atoms with E-state index < -0.39 is 0 Å². The molecule has 0 nitrogen and oxygen atoms in total. The largest absolute Gasteiger partial charge is 0.103 e. The molecular weight excluding hydrogens is 144 g/mol. The van der Waals surface area contributed by atoms with Gasteiger partial charge < -0.3 is 0 Å². The van der Waals surface area contributed by atoms with Crippen LogP contribution in [0.3, 0.4) is 0 Å². The highest BCUT2D eigenvalue weighted by atomic mass is 14.2. The second kappa shape index (κ2) is 3.30. The van der Waals surface area contributed by atoms with Gasteiger partial charge in [0.15, 0.2) is 0 Å². The van der Waals surface area contributed by atoms with Crippen LogP contribution in [0.5, 0.6) is 0 Å². The fourth-order valence-corrected chi connectivity index (χ4v) is 2.18. The molecule has 2 aliphatic rings. The Labute approximate surface area is 74.7 Å². The van der Waals surface area contributed by atoms with Crippen molar-refractivity contribution in [3.63, 3.8) is 0 Å². The van der Waals surface area contributed by atoms with Crippen LogP contribution in [0.25, 0.3) is 0 Å². The van der Waals surface area contributed by atoms with Gasteiger partial charge in [0.2, 0.25) is 0 Å². The zero-order valence-electron chi connectivity index (χ0n) is 7.55. The summed E-state index contributed by atoms with van der Waals surface area (Å²) in [6.45, 7) is 3.88. The maximum atomic E-state index is 3.88. The minimum absolute atomic E-state index is 0.742. The van der Waals surface area contributed by atoms with Crippen LogP contribution in [0.2, 0.25) is 0 Å². The van der Waals surface area contributed by atoms with Gasteiger partial charge in [-0.3, -0.25) is 0 Å². The summed E-state index contributed by atoms with van der Waals surface area (Å²) in [5, 5.41) is 0. The lowest BCUT2D eigenvalue weighted by atomic mass is 9.79. The second-order valence-electron chi connectivity index (χ2n) is 3.77. The maximum absolute atomic E-state index is 3.88. The predicted molar refractivity (Wildman–Crippen MR) is 52.9 cm³/mol. The van der Waals surface area contributed by atoms with E-state index in [1.54, 1.807) is 11.1 Å². The first kappa shape index (κ1) is 7.85. The molecule has 0 aromatic rings. The van der Waals surface area contributed by atoms with Gasteiger partial charge in [0.25, 0.3) is 0 Å². The molecule has 0 amide bonds. The van der Waals surface area contributed by atoms with E-state index in [9.17, 15) is 0 Å². The molecule has 1 fully saturated rings. The van der Waals surface area contributed by atoms with E-state index in [0.29, 0.717) is 0 Å². The zero-order chi connectivity index (χ0) is 8.39. The van der Waals surface area contributed by atoms with Crippen LogP contribution in [0, 0.1) is 5.92 Å². The summed E-state index contributed by atoms with van der Waals surface area (Å²) in [6, 6.07) is 0. The molecule has 2 aliphatic carbocycles. The Morgan fingerprint density at radius 3 is 2.75 bits per heavy atom. The summed E-state index contributed by atoms with van der Waals surface area (Å²) >= 11 is 0. The smallest absolute Gasteiger partial charge is 0.0193 e. The molecule has 64 valence electrons. The number of hydrogen-bond donors (Lipinski definition) is 0. The quantitative estimate of drug-likeness (QED) is 0.514. The van der Waals surface area contributed by atoms with Crippen molar-refractivity contribution in [1.29, 1.82) is 0 Å². The Kier molecular flexibility index (Phi) is 2.16. The van der Waals surface area contributed by atoms with Gasteiger partial charge in [-0.1, -0.05) is 18.2 Å². The van der Waals surface area contributed by atoms with Crippen LogP contribution in [0.15, 0.2) is 36.0 Å². The van der Waals surface area contributed by atoms with Crippen molar-refractivity contribution in [1.82, 2.24) is 0 Å². The summed E-state index contributed by atoms with van der Waals surface area (Å²) < 4.78 is 0. The zero-order valence-corrected chi connectivity index (χ0v) is 7.55. The van der Waals surface area contributed by atoms with Crippen LogP contribution in [-0.4, -0.2) is 0 Å². The minimum atomic E-state index is 0.742. The van der Waals surface area contributed by atoms with Crippen LogP contribution >= 0.6 is 0 Å². The highest BCUT2D eigenvalue weighted by Crippen LogP contribution is 2.35. The number of fused-ring (bicyclic) bond motifs is 1. The lowest BCUT2D eigenvalue weighted by Gasteiger charge is -2.26. The molecule has 0 aromatic carbocycles. The van der Waals surface area contributed by atoms with Gasteiger partial charge in [-0.15, -0.1) is 6.58 Å². The Hall–Kier alpha value is -0.780. The highest BCUT2D eigenvalue weighted by Gasteiger charge is 2.19. The van der Waals surface area contributed by atoms with Crippen molar-refractivity contribution in [2.75, 3.05) is 0 Å². The van der Waals surface area contributed by atoms with Crippen molar-refractivity contribution < 1.29 is 0 Å². The van der Waals surface area contributed by atoms with Gasteiger partial charge in [-0.25, -0.2) is 0 Å². The highest BCUT2D eigenvalue weighted by molar-refractivity contribution is 5.36. The van der Waals surface area contributed by atoms with E-state index >= 15 is 0 Å². The topological polar surface area (TPSA) is 0 Å². The molecule has 0 spiro atoms. The number of allylic oxidation sites excluding steroid dienone is 5. The van der Waals surface area contributed by atoms with Gasteiger partial charge >= 0.3 is 0 Å². The van der Waals surface area contributed by atoms with E-state index in [1.165, 1.54) is 32.1 Å². The standard InChI is InChI=1S/C12H16/c1-2-10-7-8-11-5-3-4-6-12(11)9-10/h2,5-6,10H,1,3-4,7-9H2. The molecule has 0 saturated heterocycles. The monoisotopic (exact) mass is 160 g/mol. The Morgan fingerprint density at radius 1 is 1.25 bits per heavy atom. The maximum Gasteiger partial charge on any atom is -0.0193 e. The van der Waals surface area contributed by atoms with E-state index in [-0.39, 0.29) is 0 Å². The van der Waals surface area contributed by atoms with Gasteiger partial charge in [0, 0.05) is 0 Å². The van der Waals surface area contributed by atoms with Crippen LogP contribution < -0.4 is 0 Å². The molecule has 0 heterocycles. The third kappa shape index (κ3) is 1.38. The Balaban J connectivity index is 2.13. The Bertz CT molecular complexity index is 243. The fraction of sp³-hybridized carbons (Fsp3) is 0.500. The van der Waals surface area contributed by atoms with Gasteiger partial charge in [-0.05, 0) is 49.2 Å². The van der Waals surface area contributed by atoms with Crippen molar-refractivity contribution in [3.05, 3.63) is 36.0 Å². The van der Waals surface area contributed by atoms with Crippen LogP contribution in [0.4, 0.5) is 0 Å².